The van der Waals surface area contributed by atoms with Gasteiger partial charge in [-0.25, -0.2) is 4.98 Å². The van der Waals surface area contributed by atoms with E-state index in [9.17, 15) is 0 Å². The maximum atomic E-state index is 5.56. The van der Waals surface area contributed by atoms with Crippen molar-refractivity contribution in [3.63, 3.8) is 0 Å². The summed E-state index contributed by atoms with van der Waals surface area (Å²) in [4.78, 5) is 4.08. The Morgan fingerprint density at radius 3 is 2.82 bits per heavy atom. The van der Waals surface area contributed by atoms with Crippen LogP contribution < -0.4 is 0 Å². The summed E-state index contributed by atoms with van der Waals surface area (Å²) in [6, 6.07) is 0. The highest BCUT2D eigenvalue weighted by atomic mass is 35.5. The summed E-state index contributed by atoms with van der Waals surface area (Å²) in [6.45, 7) is 3.17. The van der Waals surface area contributed by atoms with Crippen molar-refractivity contribution in [2.45, 2.75) is 25.8 Å². The molecule has 0 atom stereocenters. The molecule has 0 N–H and O–H groups in total. The third kappa shape index (κ3) is 3.12. The number of aryl methyl sites for hydroxylation is 1. The van der Waals surface area contributed by atoms with E-state index >= 15 is 0 Å². The van der Waals surface area contributed by atoms with E-state index in [-0.39, 0.29) is 12.4 Å². The van der Waals surface area contributed by atoms with Gasteiger partial charge in [0.2, 0.25) is 0 Å². The zero-order valence-corrected chi connectivity index (χ0v) is 8.03. The first-order chi connectivity index (χ1) is 4.86. The smallest absolute Gasteiger partial charge is 0.0949 e. The molecule has 1 aromatic rings. The molecule has 1 heterocycles. The fourth-order valence-corrected chi connectivity index (χ4v) is 0.994. The average Bonchev–Trinajstić information content (AvgIpc) is 2.37. The van der Waals surface area contributed by atoms with Crippen molar-refractivity contribution in [1.82, 2.24) is 9.55 Å². The average molecular weight is 195 g/mol. The van der Waals surface area contributed by atoms with Crippen LogP contribution in [0.1, 0.15) is 19.0 Å². The Morgan fingerprint density at radius 2 is 2.36 bits per heavy atom. The van der Waals surface area contributed by atoms with Crippen LogP contribution in [0.5, 0.6) is 0 Å². The number of hydrogen-bond donors (Lipinski definition) is 0. The molecule has 4 heteroatoms. The van der Waals surface area contributed by atoms with Gasteiger partial charge >= 0.3 is 0 Å². The van der Waals surface area contributed by atoms with Gasteiger partial charge in [0.05, 0.1) is 17.9 Å². The monoisotopic (exact) mass is 194 g/mol. The highest BCUT2D eigenvalue weighted by Gasteiger charge is 1.93. The normalized spacial score (nSPS) is 9.27. The van der Waals surface area contributed by atoms with Crippen molar-refractivity contribution in [3.05, 3.63) is 18.2 Å². The first-order valence-electron chi connectivity index (χ1n) is 3.43. The molecule has 1 aromatic heterocycles. The summed E-state index contributed by atoms with van der Waals surface area (Å²) in [5.74, 6) is 0.511. The quantitative estimate of drug-likeness (QED) is 0.677. The number of nitrogens with zero attached hydrogens (tertiary/aromatic N) is 2. The minimum Gasteiger partial charge on any atom is -0.337 e. The zero-order chi connectivity index (χ0) is 7.40. The highest BCUT2D eigenvalue weighted by molar-refractivity contribution is 6.16. The number of hydrogen-bond acceptors (Lipinski definition) is 1. The molecule has 0 radical (unpaired) electrons. The molecule has 2 nitrogen and oxygen atoms in total. The molecule has 1 rings (SSSR count). The summed E-state index contributed by atoms with van der Waals surface area (Å²) in [7, 11) is 0. The molecule has 0 amide bonds. The van der Waals surface area contributed by atoms with Crippen molar-refractivity contribution in [2.75, 3.05) is 0 Å². The van der Waals surface area contributed by atoms with Crippen LogP contribution in [0.15, 0.2) is 12.5 Å². The summed E-state index contributed by atoms with van der Waals surface area (Å²) in [6.07, 6.45) is 4.94. The number of alkyl halides is 1. The van der Waals surface area contributed by atoms with Gasteiger partial charge in [-0.15, -0.1) is 24.0 Å². The lowest BCUT2D eigenvalue weighted by Crippen LogP contribution is -1.90. The minimum absolute atomic E-state index is 0. The third-order valence-corrected chi connectivity index (χ3v) is 1.58. The van der Waals surface area contributed by atoms with E-state index in [1.807, 2.05) is 12.5 Å². The van der Waals surface area contributed by atoms with Crippen molar-refractivity contribution < 1.29 is 0 Å². The molecule has 0 bridgehead atoms. The van der Waals surface area contributed by atoms with Crippen LogP contribution in [0.2, 0.25) is 0 Å². The van der Waals surface area contributed by atoms with Crippen molar-refractivity contribution >= 4 is 24.0 Å². The SMILES string of the molecule is CCCn1cnc(CCl)c1.Cl. The first kappa shape index (κ1) is 10.8. The Balaban J connectivity index is 0.000001000. The van der Waals surface area contributed by atoms with Gasteiger partial charge in [0, 0.05) is 12.7 Å². The van der Waals surface area contributed by atoms with Crippen LogP contribution in [-0.4, -0.2) is 9.55 Å². The van der Waals surface area contributed by atoms with Crippen molar-refractivity contribution in [2.24, 2.45) is 0 Å². The topological polar surface area (TPSA) is 17.8 Å². The number of aromatic nitrogens is 2. The minimum atomic E-state index is 0. The third-order valence-electron chi connectivity index (χ3n) is 1.31. The van der Waals surface area contributed by atoms with E-state index in [1.165, 1.54) is 0 Å². The lowest BCUT2D eigenvalue weighted by molar-refractivity contribution is 0.678. The van der Waals surface area contributed by atoms with Gasteiger partial charge in [0.1, 0.15) is 0 Å². The second-order valence-electron chi connectivity index (χ2n) is 2.24. The van der Waals surface area contributed by atoms with E-state index < -0.39 is 0 Å². The Morgan fingerprint density at radius 1 is 1.64 bits per heavy atom. The second kappa shape index (κ2) is 5.44. The molecule has 0 saturated carbocycles. The van der Waals surface area contributed by atoms with Gasteiger partial charge < -0.3 is 4.57 Å². The number of halogens is 2. The lowest BCUT2D eigenvalue weighted by atomic mass is 10.5. The van der Waals surface area contributed by atoms with Crippen LogP contribution in [-0.2, 0) is 12.4 Å². The number of imidazole rings is 1. The van der Waals surface area contributed by atoms with Gasteiger partial charge in [-0.05, 0) is 6.42 Å². The van der Waals surface area contributed by atoms with Crippen LogP contribution in [0.25, 0.3) is 0 Å². The van der Waals surface area contributed by atoms with Gasteiger partial charge in [-0.2, -0.15) is 0 Å². The van der Waals surface area contributed by atoms with E-state index in [2.05, 4.69) is 16.5 Å². The second-order valence-corrected chi connectivity index (χ2v) is 2.50. The Labute approximate surface area is 78.0 Å². The summed E-state index contributed by atoms with van der Waals surface area (Å²) in [5.41, 5.74) is 0.954. The fourth-order valence-electron chi connectivity index (χ4n) is 0.856. The molecule has 11 heavy (non-hydrogen) atoms. The van der Waals surface area contributed by atoms with Gasteiger partial charge in [0.15, 0.2) is 0 Å². The molecule has 0 aliphatic rings. The Hall–Kier alpha value is -0.210. The van der Waals surface area contributed by atoms with E-state index in [0.29, 0.717) is 5.88 Å². The van der Waals surface area contributed by atoms with Gasteiger partial charge in [0.25, 0.3) is 0 Å². The van der Waals surface area contributed by atoms with Gasteiger partial charge in [-0.3, -0.25) is 0 Å². The maximum absolute atomic E-state index is 5.56. The summed E-state index contributed by atoms with van der Waals surface area (Å²) < 4.78 is 2.05. The van der Waals surface area contributed by atoms with E-state index in [0.717, 1.165) is 18.7 Å². The largest absolute Gasteiger partial charge is 0.337 e. The molecule has 0 aromatic carbocycles. The van der Waals surface area contributed by atoms with E-state index in [4.69, 9.17) is 11.6 Å². The summed E-state index contributed by atoms with van der Waals surface area (Å²) >= 11 is 5.56. The molecule has 0 unspecified atom stereocenters. The Kier molecular flexibility index (Phi) is 5.34. The molecular weight excluding hydrogens is 183 g/mol. The maximum Gasteiger partial charge on any atom is 0.0949 e. The molecule has 0 aliphatic carbocycles. The number of rotatable bonds is 3. The van der Waals surface area contributed by atoms with Crippen LogP contribution in [0.3, 0.4) is 0 Å². The molecule has 64 valence electrons. The van der Waals surface area contributed by atoms with Crippen LogP contribution >= 0.6 is 24.0 Å². The van der Waals surface area contributed by atoms with Crippen molar-refractivity contribution in [1.29, 1.82) is 0 Å². The van der Waals surface area contributed by atoms with E-state index in [1.54, 1.807) is 0 Å². The summed E-state index contributed by atoms with van der Waals surface area (Å²) in [5, 5.41) is 0. The zero-order valence-electron chi connectivity index (χ0n) is 6.46. The Bertz CT molecular complexity index is 198. The predicted octanol–water partition coefficient (Wildman–Crippen LogP) is 2.45. The molecule has 0 saturated heterocycles. The van der Waals surface area contributed by atoms with Crippen molar-refractivity contribution in [3.8, 4) is 0 Å². The molecular formula is C7H12Cl2N2. The standard InChI is InChI=1S/C7H11ClN2.ClH/c1-2-3-10-5-7(4-8)9-6-10;/h5-6H,2-4H2,1H3;1H. The predicted molar refractivity (Wildman–Crippen MR) is 49.3 cm³/mol. The van der Waals surface area contributed by atoms with Crippen LogP contribution in [0.4, 0.5) is 0 Å². The molecule has 0 fully saturated rings. The molecule has 0 aliphatic heterocycles. The lowest BCUT2D eigenvalue weighted by Gasteiger charge is -1.94. The highest BCUT2D eigenvalue weighted by Crippen LogP contribution is 2.00. The van der Waals surface area contributed by atoms with Crippen LogP contribution in [0, 0.1) is 0 Å². The fraction of sp³-hybridized carbons (Fsp3) is 0.571. The first-order valence-corrected chi connectivity index (χ1v) is 3.97. The van der Waals surface area contributed by atoms with Gasteiger partial charge in [-0.1, -0.05) is 6.92 Å². The molecule has 0 spiro atoms.